The summed E-state index contributed by atoms with van der Waals surface area (Å²) >= 11 is 1.51. The maximum absolute atomic E-state index is 12.7. The maximum Gasteiger partial charge on any atom is 0.357 e. The van der Waals surface area contributed by atoms with Crippen molar-refractivity contribution in [1.29, 1.82) is 0 Å². The summed E-state index contributed by atoms with van der Waals surface area (Å²) in [6, 6.07) is 16.6. The van der Waals surface area contributed by atoms with E-state index in [1.165, 1.54) is 16.4 Å². The fraction of sp³-hybridized carbons (Fsp3) is 0.150. The fourth-order valence-corrected chi connectivity index (χ4v) is 3.06. The van der Waals surface area contributed by atoms with Crippen LogP contribution in [0.15, 0.2) is 59.5 Å². The van der Waals surface area contributed by atoms with Gasteiger partial charge in [-0.15, -0.1) is 16.9 Å². The van der Waals surface area contributed by atoms with Gasteiger partial charge in [-0.25, -0.2) is 4.79 Å². The number of nitrogens with one attached hydrogen (secondary N) is 1. The van der Waals surface area contributed by atoms with Gasteiger partial charge in [0.2, 0.25) is 0 Å². The van der Waals surface area contributed by atoms with Crippen molar-refractivity contribution in [3.05, 3.63) is 66.0 Å². The zero-order valence-corrected chi connectivity index (χ0v) is 16.7. The van der Waals surface area contributed by atoms with Crippen molar-refractivity contribution in [2.75, 3.05) is 18.2 Å². The van der Waals surface area contributed by atoms with Crippen molar-refractivity contribution >= 4 is 41.1 Å². The molecule has 0 saturated heterocycles. The number of anilines is 1. The van der Waals surface area contributed by atoms with Gasteiger partial charge in [0.05, 0.1) is 5.69 Å². The van der Waals surface area contributed by atoms with E-state index in [1.807, 2.05) is 54.8 Å². The van der Waals surface area contributed by atoms with E-state index in [0.29, 0.717) is 11.5 Å². The molecular weight excluding hydrogens is 390 g/mol. The minimum atomic E-state index is -0.711. The summed E-state index contributed by atoms with van der Waals surface area (Å²) in [7, 11) is 0. The normalized spacial score (nSPS) is 11.2. The van der Waals surface area contributed by atoms with Crippen LogP contribution in [0, 0.1) is 6.92 Å². The smallest absolute Gasteiger partial charge is 0.357 e. The Morgan fingerprint density at radius 2 is 1.86 bits per heavy atom. The van der Waals surface area contributed by atoms with Crippen LogP contribution in [0.25, 0.3) is 11.8 Å². The van der Waals surface area contributed by atoms with E-state index >= 15 is 0 Å². The van der Waals surface area contributed by atoms with E-state index in [2.05, 4.69) is 20.8 Å². The molecule has 1 amide bonds. The molecule has 1 N–H and O–H groups in total. The molecule has 0 saturated carbocycles. The first-order valence-corrected chi connectivity index (χ1v) is 9.93. The van der Waals surface area contributed by atoms with Crippen LogP contribution in [0.3, 0.4) is 0 Å². The number of hydrogen-bond donors (Lipinski definition) is 1. The maximum atomic E-state index is 12.7. The number of aryl methyl sites for hydroxylation is 1. The molecule has 0 fully saturated rings. The van der Waals surface area contributed by atoms with Crippen LogP contribution >= 0.6 is 11.8 Å². The minimum Gasteiger partial charge on any atom is -0.451 e. The highest BCUT2D eigenvalue weighted by atomic mass is 32.2. The molecule has 0 aliphatic carbocycles. The Hall–Kier alpha value is -3.46. The third-order valence-corrected chi connectivity index (χ3v) is 4.68. The van der Waals surface area contributed by atoms with Crippen molar-refractivity contribution in [3.63, 3.8) is 0 Å². The van der Waals surface area contributed by atoms with E-state index in [9.17, 15) is 9.59 Å². The van der Waals surface area contributed by atoms with Gasteiger partial charge in [-0.3, -0.25) is 4.79 Å². The number of para-hydroxylation sites is 1. The molecule has 2 aromatic carbocycles. The molecule has 3 rings (SSSR count). The molecule has 0 aliphatic rings. The third-order valence-electron chi connectivity index (χ3n) is 3.88. The van der Waals surface area contributed by atoms with Gasteiger partial charge in [0, 0.05) is 4.90 Å². The van der Waals surface area contributed by atoms with E-state index in [-0.39, 0.29) is 5.70 Å². The number of ether oxygens (including phenoxy) is 1. The number of carbonyl (C=O) groups excluding carboxylic acids is 2. The van der Waals surface area contributed by atoms with Crippen LogP contribution < -0.4 is 5.32 Å². The van der Waals surface area contributed by atoms with Crippen molar-refractivity contribution in [1.82, 2.24) is 20.2 Å². The van der Waals surface area contributed by atoms with Crippen LogP contribution in [0.4, 0.5) is 5.69 Å². The van der Waals surface area contributed by atoms with Crippen LogP contribution in [0.2, 0.25) is 0 Å². The molecule has 0 bridgehead atoms. The molecular formula is C20H19N5O3S. The number of esters is 1. The van der Waals surface area contributed by atoms with E-state index < -0.39 is 18.5 Å². The highest BCUT2D eigenvalue weighted by Gasteiger charge is 2.19. The number of rotatable bonds is 7. The van der Waals surface area contributed by atoms with Gasteiger partial charge in [-0.2, -0.15) is 4.68 Å². The standard InChI is InChI=1S/C20H19N5O3S/c1-14-22-23-24-25(14)17(12-15-8-4-3-5-9-15)20(27)28-13-19(26)21-16-10-6-7-11-18(16)29-2/h3-12H,13H2,1-2H3,(H,21,26)/b17-12-. The first-order chi connectivity index (χ1) is 14.1. The summed E-state index contributed by atoms with van der Waals surface area (Å²) < 4.78 is 6.49. The van der Waals surface area contributed by atoms with Gasteiger partial charge < -0.3 is 10.1 Å². The van der Waals surface area contributed by atoms with Crippen molar-refractivity contribution in [3.8, 4) is 0 Å². The zero-order valence-electron chi connectivity index (χ0n) is 15.9. The number of hydrogen-bond acceptors (Lipinski definition) is 7. The first kappa shape index (κ1) is 20.3. The highest BCUT2D eigenvalue weighted by molar-refractivity contribution is 7.98. The molecule has 0 spiro atoms. The minimum absolute atomic E-state index is 0.107. The van der Waals surface area contributed by atoms with Gasteiger partial charge in [-0.1, -0.05) is 42.5 Å². The molecule has 1 aromatic heterocycles. The van der Waals surface area contributed by atoms with Crippen molar-refractivity contribution < 1.29 is 14.3 Å². The number of nitrogens with zero attached hydrogens (tertiary/aromatic N) is 4. The molecule has 9 heteroatoms. The van der Waals surface area contributed by atoms with Crippen LogP contribution in [-0.2, 0) is 14.3 Å². The summed E-state index contributed by atoms with van der Waals surface area (Å²) in [5.74, 6) is -0.729. The lowest BCUT2D eigenvalue weighted by molar-refractivity contribution is -0.141. The molecule has 148 valence electrons. The van der Waals surface area contributed by atoms with Crippen LogP contribution in [-0.4, -0.2) is 44.9 Å². The summed E-state index contributed by atoms with van der Waals surface area (Å²) in [5.41, 5.74) is 1.54. The average molecular weight is 409 g/mol. The van der Waals surface area contributed by atoms with Crippen LogP contribution in [0.5, 0.6) is 0 Å². The first-order valence-electron chi connectivity index (χ1n) is 8.70. The highest BCUT2D eigenvalue weighted by Crippen LogP contribution is 2.24. The Kier molecular flexibility index (Phi) is 6.75. The average Bonchev–Trinajstić information content (AvgIpc) is 3.17. The van der Waals surface area contributed by atoms with E-state index in [0.717, 1.165) is 10.5 Å². The number of carbonyl (C=O) groups is 2. The summed E-state index contributed by atoms with van der Waals surface area (Å²) in [5, 5.41) is 14.0. The predicted molar refractivity (Wildman–Crippen MR) is 111 cm³/mol. The lowest BCUT2D eigenvalue weighted by atomic mass is 10.2. The second-order valence-corrected chi connectivity index (χ2v) is 6.75. The summed E-state index contributed by atoms with van der Waals surface area (Å²) in [4.78, 5) is 25.9. The predicted octanol–water partition coefficient (Wildman–Crippen LogP) is 2.88. The summed E-state index contributed by atoms with van der Waals surface area (Å²) in [6.45, 7) is 1.23. The second-order valence-electron chi connectivity index (χ2n) is 5.90. The Bertz CT molecular complexity index is 1030. The van der Waals surface area contributed by atoms with Crippen molar-refractivity contribution in [2.24, 2.45) is 0 Å². The van der Waals surface area contributed by atoms with Crippen molar-refractivity contribution in [2.45, 2.75) is 11.8 Å². The molecule has 0 radical (unpaired) electrons. The monoisotopic (exact) mass is 409 g/mol. The number of amides is 1. The molecule has 29 heavy (non-hydrogen) atoms. The molecule has 8 nitrogen and oxygen atoms in total. The molecule has 3 aromatic rings. The molecule has 0 unspecified atom stereocenters. The number of thioether (sulfide) groups is 1. The molecule has 0 atom stereocenters. The topological polar surface area (TPSA) is 99.0 Å². The SMILES string of the molecule is CSc1ccccc1NC(=O)COC(=O)/C(=C/c1ccccc1)n1nnnc1C. The third kappa shape index (κ3) is 5.29. The van der Waals surface area contributed by atoms with Gasteiger partial charge in [-0.05, 0) is 47.4 Å². The van der Waals surface area contributed by atoms with Gasteiger partial charge in [0.1, 0.15) is 0 Å². The van der Waals surface area contributed by atoms with E-state index in [4.69, 9.17) is 4.74 Å². The Morgan fingerprint density at radius 1 is 1.14 bits per heavy atom. The zero-order chi connectivity index (χ0) is 20.6. The molecule has 1 heterocycles. The lowest BCUT2D eigenvalue weighted by Crippen LogP contribution is -2.23. The Balaban J connectivity index is 1.73. The Labute approximate surface area is 172 Å². The van der Waals surface area contributed by atoms with Crippen LogP contribution in [0.1, 0.15) is 11.4 Å². The number of tetrazole rings is 1. The lowest BCUT2D eigenvalue weighted by Gasteiger charge is -2.11. The largest absolute Gasteiger partial charge is 0.451 e. The quantitative estimate of drug-likeness (QED) is 0.364. The number of aromatic nitrogens is 4. The van der Waals surface area contributed by atoms with Gasteiger partial charge in [0.25, 0.3) is 5.91 Å². The Morgan fingerprint density at radius 3 is 2.55 bits per heavy atom. The fourth-order valence-electron chi connectivity index (χ4n) is 2.51. The van der Waals surface area contributed by atoms with Gasteiger partial charge >= 0.3 is 5.97 Å². The molecule has 0 aliphatic heterocycles. The second kappa shape index (κ2) is 9.65. The van der Waals surface area contributed by atoms with Gasteiger partial charge in [0.15, 0.2) is 18.1 Å². The number of benzene rings is 2. The summed E-state index contributed by atoms with van der Waals surface area (Å²) in [6.07, 6.45) is 3.52. The van der Waals surface area contributed by atoms with E-state index in [1.54, 1.807) is 19.1 Å².